The van der Waals surface area contributed by atoms with Gasteiger partial charge in [-0.3, -0.25) is 0 Å². The molecule has 0 saturated heterocycles. The summed E-state index contributed by atoms with van der Waals surface area (Å²) in [5.41, 5.74) is 1.24. The van der Waals surface area contributed by atoms with Crippen molar-refractivity contribution in [2.75, 3.05) is 6.61 Å². The van der Waals surface area contributed by atoms with Gasteiger partial charge in [0, 0.05) is 10.9 Å². The molecule has 1 fully saturated rings. The molecule has 17 heavy (non-hydrogen) atoms. The first-order chi connectivity index (χ1) is 8.31. The number of benzene rings is 1. The molecule has 0 aliphatic heterocycles. The lowest BCUT2D eigenvalue weighted by molar-refractivity contribution is 0.214. The third kappa shape index (κ3) is 3.46. The number of halogens is 1. The van der Waals surface area contributed by atoms with Gasteiger partial charge in [-0.1, -0.05) is 49.4 Å². The molecule has 1 nitrogen and oxygen atoms in total. The summed E-state index contributed by atoms with van der Waals surface area (Å²) in [7, 11) is 0. The van der Waals surface area contributed by atoms with E-state index in [1.807, 2.05) is 12.1 Å². The van der Waals surface area contributed by atoms with Crippen molar-refractivity contribution in [3.05, 3.63) is 34.9 Å². The number of hydrogen-bond donors (Lipinski definition) is 1. The highest BCUT2D eigenvalue weighted by Crippen LogP contribution is 2.35. The molecule has 94 valence electrons. The Morgan fingerprint density at radius 3 is 2.18 bits per heavy atom. The van der Waals surface area contributed by atoms with Crippen LogP contribution in [0.5, 0.6) is 0 Å². The molecule has 0 amide bonds. The average Bonchev–Trinajstić information content (AvgIpc) is 2.62. The molecule has 2 heteroatoms. The molecule has 1 N–H and O–H groups in total. The summed E-state index contributed by atoms with van der Waals surface area (Å²) in [6.45, 7) is 0.256. The van der Waals surface area contributed by atoms with Crippen LogP contribution in [-0.2, 0) is 0 Å². The summed E-state index contributed by atoms with van der Waals surface area (Å²) in [5, 5.41) is 10.4. The fraction of sp³-hybridized carbons (Fsp3) is 0.600. The number of aliphatic hydroxyl groups is 1. The van der Waals surface area contributed by atoms with Crippen LogP contribution in [0, 0.1) is 5.92 Å². The van der Waals surface area contributed by atoms with Gasteiger partial charge in [0.25, 0.3) is 0 Å². The average molecular weight is 253 g/mol. The molecule has 1 aromatic carbocycles. The fourth-order valence-electron chi connectivity index (χ4n) is 2.95. The fourth-order valence-corrected chi connectivity index (χ4v) is 3.08. The Balaban J connectivity index is 2.11. The maximum absolute atomic E-state index is 9.66. The smallest absolute Gasteiger partial charge is 0.0502 e. The summed E-state index contributed by atoms with van der Waals surface area (Å²) in [6.07, 6.45) is 7.86. The van der Waals surface area contributed by atoms with Crippen LogP contribution in [0.3, 0.4) is 0 Å². The van der Waals surface area contributed by atoms with Crippen molar-refractivity contribution in [1.82, 2.24) is 0 Å². The third-order valence-electron chi connectivity index (χ3n) is 3.96. The molecule has 0 bridgehead atoms. The van der Waals surface area contributed by atoms with Crippen LogP contribution in [0.2, 0.25) is 5.02 Å². The Labute approximate surface area is 109 Å². The lowest BCUT2D eigenvalue weighted by Crippen LogP contribution is -2.16. The second kappa shape index (κ2) is 6.42. The van der Waals surface area contributed by atoms with Crippen molar-refractivity contribution in [2.24, 2.45) is 5.92 Å². The molecule has 0 aromatic heterocycles. The first-order valence-electron chi connectivity index (χ1n) is 6.67. The summed E-state index contributed by atoms with van der Waals surface area (Å²) >= 11 is 5.91. The molecular weight excluding hydrogens is 232 g/mol. The second-order valence-electron chi connectivity index (χ2n) is 5.09. The molecule has 0 radical (unpaired) electrons. The first kappa shape index (κ1) is 12.9. The van der Waals surface area contributed by atoms with Crippen LogP contribution in [0.4, 0.5) is 0 Å². The van der Waals surface area contributed by atoms with Gasteiger partial charge in [-0.25, -0.2) is 0 Å². The summed E-state index contributed by atoms with van der Waals surface area (Å²) in [5.74, 6) is 0.939. The molecule has 1 aliphatic rings. The number of hydrogen-bond acceptors (Lipinski definition) is 1. The quantitative estimate of drug-likeness (QED) is 0.792. The SMILES string of the molecule is OCC(c1ccc(Cl)cc1)C1CCCCCC1. The highest BCUT2D eigenvalue weighted by atomic mass is 35.5. The van der Waals surface area contributed by atoms with E-state index in [2.05, 4.69) is 12.1 Å². The molecule has 1 saturated carbocycles. The van der Waals surface area contributed by atoms with E-state index in [0.29, 0.717) is 11.8 Å². The van der Waals surface area contributed by atoms with Crippen LogP contribution in [-0.4, -0.2) is 11.7 Å². The third-order valence-corrected chi connectivity index (χ3v) is 4.22. The van der Waals surface area contributed by atoms with E-state index < -0.39 is 0 Å². The second-order valence-corrected chi connectivity index (χ2v) is 5.53. The van der Waals surface area contributed by atoms with Crippen molar-refractivity contribution >= 4 is 11.6 Å². The Bertz CT molecular complexity index is 325. The molecule has 1 atom stereocenters. The van der Waals surface area contributed by atoms with Crippen LogP contribution >= 0.6 is 11.6 Å². The largest absolute Gasteiger partial charge is 0.396 e. The minimum Gasteiger partial charge on any atom is -0.396 e. The van der Waals surface area contributed by atoms with E-state index in [4.69, 9.17) is 11.6 Å². The van der Waals surface area contributed by atoms with Gasteiger partial charge in [-0.05, 0) is 36.5 Å². The number of rotatable bonds is 3. The van der Waals surface area contributed by atoms with Crippen LogP contribution in [0.25, 0.3) is 0 Å². The zero-order chi connectivity index (χ0) is 12.1. The van der Waals surface area contributed by atoms with Crippen LogP contribution in [0.15, 0.2) is 24.3 Å². The molecule has 1 unspecified atom stereocenters. The van der Waals surface area contributed by atoms with Gasteiger partial charge in [-0.2, -0.15) is 0 Å². The van der Waals surface area contributed by atoms with Crippen LogP contribution in [0.1, 0.15) is 50.0 Å². The van der Waals surface area contributed by atoms with Crippen molar-refractivity contribution in [3.8, 4) is 0 Å². The van der Waals surface area contributed by atoms with E-state index in [0.717, 1.165) is 5.02 Å². The number of aliphatic hydroxyl groups excluding tert-OH is 1. The topological polar surface area (TPSA) is 20.2 Å². The van der Waals surface area contributed by atoms with E-state index in [1.165, 1.54) is 44.1 Å². The minimum atomic E-state index is 0.256. The van der Waals surface area contributed by atoms with Crippen molar-refractivity contribution < 1.29 is 5.11 Å². The molecule has 1 aromatic rings. The Kier molecular flexibility index (Phi) is 4.87. The highest BCUT2D eigenvalue weighted by molar-refractivity contribution is 6.30. The standard InChI is InChI=1S/C15H21ClO/c16-14-9-7-13(8-10-14)15(11-17)12-5-3-1-2-4-6-12/h7-10,12,15,17H,1-6,11H2. The maximum Gasteiger partial charge on any atom is 0.0502 e. The molecule has 0 spiro atoms. The van der Waals surface area contributed by atoms with Gasteiger partial charge < -0.3 is 5.11 Å². The van der Waals surface area contributed by atoms with E-state index >= 15 is 0 Å². The van der Waals surface area contributed by atoms with Crippen molar-refractivity contribution in [2.45, 2.75) is 44.4 Å². The zero-order valence-corrected chi connectivity index (χ0v) is 11.0. The first-order valence-corrected chi connectivity index (χ1v) is 7.05. The Morgan fingerprint density at radius 2 is 1.65 bits per heavy atom. The monoisotopic (exact) mass is 252 g/mol. The van der Waals surface area contributed by atoms with Crippen LogP contribution < -0.4 is 0 Å². The molecular formula is C15H21ClO. The summed E-state index contributed by atoms with van der Waals surface area (Å²) in [4.78, 5) is 0. The Morgan fingerprint density at radius 1 is 1.06 bits per heavy atom. The highest BCUT2D eigenvalue weighted by Gasteiger charge is 2.23. The lowest BCUT2D eigenvalue weighted by Gasteiger charge is -2.24. The molecule has 1 aliphatic carbocycles. The zero-order valence-electron chi connectivity index (χ0n) is 10.2. The summed E-state index contributed by atoms with van der Waals surface area (Å²) in [6, 6.07) is 7.98. The predicted octanol–water partition coefficient (Wildman–Crippen LogP) is 4.39. The minimum absolute atomic E-state index is 0.256. The normalized spacial score (nSPS) is 19.9. The van der Waals surface area contributed by atoms with Gasteiger partial charge in [0.15, 0.2) is 0 Å². The van der Waals surface area contributed by atoms with Crippen molar-refractivity contribution in [1.29, 1.82) is 0 Å². The van der Waals surface area contributed by atoms with E-state index in [-0.39, 0.29) is 6.61 Å². The van der Waals surface area contributed by atoms with E-state index in [1.54, 1.807) is 0 Å². The predicted molar refractivity (Wildman–Crippen MR) is 72.5 cm³/mol. The van der Waals surface area contributed by atoms with Gasteiger partial charge in [0.1, 0.15) is 0 Å². The van der Waals surface area contributed by atoms with E-state index in [9.17, 15) is 5.11 Å². The summed E-state index contributed by atoms with van der Waals surface area (Å²) < 4.78 is 0. The van der Waals surface area contributed by atoms with Gasteiger partial charge in [0.05, 0.1) is 6.61 Å². The maximum atomic E-state index is 9.66. The lowest BCUT2D eigenvalue weighted by atomic mass is 9.82. The van der Waals surface area contributed by atoms with Gasteiger partial charge in [0.2, 0.25) is 0 Å². The van der Waals surface area contributed by atoms with Crippen molar-refractivity contribution in [3.63, 3.8) is 0 Å². The van der Waals surface area contributed by atoms with Gasteiger partial charge in [-0.15, -0.1) is 0 Å². The Hall–Kier alpha value is -0.530. The van der Waals surface area contributed by atoms with Gasteiger partial charge >= 0.3 is 0 Å². The molecule has 2 rings (SSSR count). The molecule has 0 heterocycles.